The number of hydrogen-bond acceptors (Lipinski definition) is 5. The van der Waals surface area contributed by atoms with Crippen molar-refractivity contribution < 1.29 is 19.4 Å². The van der Waals surface area contributed by atoms with Gasteiger partial charge in [0.05, 0.1) is 24.4 Å². The molecular formula is C15H13ClN2O4S. The molecule has 23 heavy (non-hydrogen) atoms. The van der Waals surface area contributed by atoms with Crippen molar-refractivity contribution in [3.8, 4) is 10.6 Å². The first kappa shape index (κ1) is 15.9. The van der Waals surface area contributed by atoms with Gasteiger partial charge in [0, 0.05) is 12.1 Å². The van der Waals surface area contributed by atoms with E-state index in [1.54, 1.807) is 6.07 Å². The predicted molar refractivity (Wildman–Crippen MR) is 85.8 cm³/mol. The lowest BCUT2D eigenvalue weighted by atomic mass is 10.2. The van der Waals surface area contributed by atoms with Crippen LogP contribution in [-0.4, -0.2) is 52.7 Å². The number of benzene rings is 1. The number of halogens is 1. The van der Waals surface area contributed by atoms with E-state index in [2.05, 4.69) is 4.98 Å². The third kappa shape index (κ3) is 3.21. The summed E-state index contributed by atoms with van der Waals surface area (Å²) in [6.07, 6.45) is 1.46. The Kier molecular flexibility index (Phi) is 4.61. The summed E-state index contributed by atoms with van der Waals surface area (Å²) in [5.74, 6) is -1.43. The van der Waals surface area contributed by atoms with Crippen LogP contribution in [0.25, 0.3) is 10.6 Å². The molecule has 1 unspecified atom stereocenters. The number of carbonyl (C=O) groups is 2. The SMILES string of the molecule is O=C(O)C1COCCN1C(=O)c1cnc(-c2ccccc2Cl)s1. The Hall–Kier alpha value is -1.96. The highest BCUT2D eigenvalue weighted by Gasteiger charge is 2.34. The summed E-state index contributed by atoms with van der Waals surface area (Å²) in [6.45, 7) is 0.568. The monoisotopic (exact) mass is 352 g/mol. The fourth-order valence-corrected chi connectivity index (χ4v) is 3.52. The van der Waals surface area contributed by atoms with Crippen LogP contribution in [0.5, 0.6) is 0 Å². The molecule has 6 nitrogen and oxygen atoms in total. The molecule has 2 aromatic rings. The standard InChI is InChI=1S/C15H13ClN2O4S/c16-10-4-2-1-3-9(10)13-17-7-12(23-13)14(19)18-5-6-22-8-11(18)15(20)21/h1-4,7,11H,5-6,8H2,(H,20,21). The average Bonchev–Trinajstić information content (AvgIpc) is 3.04. The summed E-state index contributed by atoms with van der Waals surface area (Å²) in [7, 11) is 0. The lowest BCUT2D eigenvalue weighted by Gasteiger charge is -2.32. The molecule has 1 amide bonds. The number of amides is 1. The van der Waals surface area contributed by atoms with Gasteiger partial charge in [0.2, 0.25) is 0 Å². The molecule has 0 saturated carbocycles. The van der Waals surface area contributed by atoms with Crippen LogP contribution in [0.4, 0.5) is 0 Å². The average molecular weight is 353 g/mol. The van der Waals surface area contributed by atoms with Crippen molar-refractivity contribution in [2.75, 3.05) is 19.8 Å². The van der Waals surface area contributed by atoms with Gasteiger partial charge in [-0.05, 0) is 6.07 Å². The van der Waals surface area contributed by atoms with Crippen LogP contribution in [0.2, 0.25) is 5.02 Å². The van der Waals surface area contributed by atoms with Crippen molar-refractivity contribution in [2.24, 2.45) is 0 Å². The number of aliphatic carboxylic acids is 1. The summed E-state index contributed by atoms with van der Waals surface area (Å²) in [6, 6.07) is 6.26. The molecule has 3 rings (SSSR count). The van der Waals surface area contributed by atoms with E-state index in [0.29, 0.717) is 21.5 Å². The summed E-state index contributed by atoms with van der Waals surface area (Å²) in [5, 5.41) is 10.4. The second-order valence-electron chi connectivity index (χ2n) is 4.94. The van der Waals surface area contributed by atoms with E-state index in [0.717, 1.165) is 5.56 Å². The Morgan fingerprint density at radius 3 is 2.91 bits per heavy atom. The predicted octanol–water partition coefficient (Wildman–Crippen LogP) is 2.39. The van der Waals surface area contributed by atoms with Crippen molar-refractivity contribution in [2.45, 2.75) is 6.04 Å². The minimum Gasteiger partial charge on any atom is -0.480 e. The minimum atomic E-state index is -1.08. The lowest BCUT2D eigenvalue weighted by molar-refractivity contribution is -0.147. The van der Waals surface area contributed by atoms with Crippen molar-refractivity contribution in [1.82, 2.24) is 9.88 Å². The Balaban J connectivity index is 1.86. The van der Waals surface area contributed by atoms with E-state index in [-0.39, 0.29) is 19.1 Å². The summed E-state index contributed by atoms with van der Waals surface area (Å²) in [4.78, 5) is 29.8. The summed E-state index contributed by atoms with van der Waals surface area (Å²) < 4.78 is 5.15. The van der Waals surface area contributed by atoms with E-state index in [9.17, 15) is 14.7 Å². The molecule has 1 fully saturated rings. The molecule has 1 saturated heterocycles. The van der Waals surface area contributed by atoms with Crippen molar-refractivity contribution in [1.29, 1.82) is 0 Å². The van der Waals surface area contributed by atoms with Crippen LogP contribution < -0.4 is 0 Å². The Labute approximate surface area is 141 Å². The molecule has 0 aliphatic carbocycles. The second-order valence-corrected chi connectivity index (χ2v) is 6.37. The Morgan fingerprint density at radius 2 is 2.17 bits per heavy atom. The second kappa shape index (κ2) is 6.66. The number of aromatic nitrogens is 1. The molecule has 1 N–H and O–H groups in total. The number of nitrogens with zero attached hydrogens (tertiary/aromatic N) is 2. The van der Waals surface area contributed by atoms with E-state index in [4.69, 9.17) is 16.3 Å². The zero-order valence-corrected chi connectivity index (χ0v) is 13.5. The summed E-state index contributed by atoms with van der Waals surface area (Å²) in [5.41, 5.74) is 0.745. The van der Waals surface area contributed by atoms with Gasteiger partial charge in [0.25, 0.3) is 5.91 Å². The zero-order chi connectivity index (χ0) is 16.4. The molecule has 2 heterocycles. The molecular weight excluding hydrogens is 340 g/mol. The fourth-order valence-electron chi connectivity index (χ4n) is 2.33. The van der Waals surface area contributed by atoms with Crippen molar-refractivity contribution in [3.05, 3.63) is 40.4 Å². The maximum Gasteiger partial charge on any atom is 0.328 e. The fraction of sp³-hybridized carbons (Fsp3) is 0.267. The molecule has 8 heteroatoms. The Bertz CT molecular complexity index is 749. The Morgan fingerprint density at radius 1 is 1.39 bits per heavy atom. The first-order valence-corrected chi connectivity index (χ1v) is 8.09. The molecule has 0 radical (unpaired) electrons. The number of rotatable bonds is 3. The normalized spacial score (nSPS) is 18.0. The topological polar surface area (TPSA) is 79.7 Å². The molecule has 1 aliphatic heterocycles. The summed E-state index contributed by atoms with van der Waals surface area (Å²) >= 11 is 7.33. The smallest absolute Gasteiger partial charge is 0.328 e. The quantitative estimate of drug-likeness (QED) is 0.917. The van der Waals surface area contributed by atoms with Gasteiger partial charge in [-0.15, -0.1) is 11.3 Å². The third-order valence-electron chi connectivity index (χ3n) is 3.50. The number of ether oxygens (including phenoxy) is 1. The maximum atomic E-state index is 12.6. The molecule has 1 aliphatic rings. The first-order chi connectivity index (χ1) is 11.1. The van der Waals surface area contributed by atoms with Gasteiger partial charge in [0.15, 0.2) is 6.04 Å². The van der Waals surface area contributed by atoms with Gasteiger partial charge in [-0.1, -0.05) is 29.8 Å². The van der Waals surface area contributed by atoms with Crippen molar-refractivity contribution >= 4 is 34.8 Å². The number of carboxylic acids is 1. The zero-order valence-electron chi connectivity index (χ0n) is 11.9. The van der Waals surface area contributed by atoms with E-state index in [1.807, 2.05) is 18.2 Å². The van der Waals surface area contributed by atoms with Crippen LogP contribution in [0, 0.1) is 0 Å². The molecule has 1 aromatic heterocycles. The molecule has 0 spiro atoms. The van der Waals surface area contributed by atoms with Gasteiger partial charge < -0.3 is 14.7 Å². The van der Waals surface area contributed by atoms with Gasteiger partial charge in [-0.25, -0.2) is 9.78 Å². The van der Waals surface area contributed by atoms with E-state index < -0.39 is 12.0 Å². The number of morpholine rings is 1. The molecule has 1 aromatic carbocycles. The van der Waals surface area contributed by atoms with Crippen LogP contribution in [0.3, 0.4) is 0 Å². The molecule has 1 atom stereocenters. The van der Waals surface area contributed by atoms with Gasteiger partial charge in [-0.2, -0.15) is 0 Å². The highest BCUT2D eigenvalue weighted by Crippen LogP contribution is 2.31. The van der Waals surface area contributed by atoms with Gasteiger partial charge in [-0.3, -0.25) is 4.79 Å². The van der Waals surface area contributed by atoms with Crippen LogP contribution in [0.1, 0.15) is 9.67 Å². The van der Waals surface area contributed by atoms with Crippen LogP contribution in [-0.2, 0) is 9.53 Å². The largest absolute Gasteiger partial charge is 0.480 e. The van der Waals surface area contributed by atoms with Gasteiger partial charge >= 0.3 is 5.97 Å². The molecule has 120 valence electrons. The number of carbonyl (C=O) groups excluding carboxylic acids is 1. The highest BCUT2D eigenvalue weighted by molar-refractivity contribution is 7.17. The first-order valence-electron chi connectivity index (χ1n) is 6.90. The van der Waals surface area contributed by atoms with E-state index >= 15 is 0 Å². The maximum absolute atomic E-state index is 12.6. The van der Waals surface area contributed by atoms with Crippen LogP contribution >= 0.6 is 22.9 Å². The highest BCUT2D eigenvalue weighted by atomic mass is 35.5. The number of carboxylic acid groups (broad SMARTS) is 1. The van der Waals surface area contributed by atoms with E-state index in [1.165, 1.54) is 22.4 Å². The minimum absolute atomic E-state index is 0.00273. The van der Waals surface area contributed by atoms with Crippen molar-refractivity contribution in [3.63, 3.8) is 0 Å². The third-order valence-corrected chi connectivity index (χ3v) is 4.84. The lowest BCUT2D eigenvalue weighted by Crippen LogP contribution is -2.52. The van der Waals surface area contributed by atoms with Crippen LogP contribution in [0.15, 0.2) is 30.5 Å². The number of thiazole rings is 1. The molecule has 0 bridgehead atoms. The van der Waals surface area contributed by atoms with Gasteiger partial charge in [0.1, 0.15) is 9.88 Å². The number of hydrogen-bond donors (Lipinski definition) is 1.